The van der Waals surface area contributed by atoms with Gasteiger partial charge in [-0.1, -0.05) is 12.1 Å². The molecule has 0 aliphatic carbocycles. The molecule has 2 atom stereocenters. The summed E-state index contributed by atoms with van der Waals surface area (Å²) in [5, 5.41) is 3.48. The lowest BCUT2D eigenvalue weighted by Gasteiger charge is -2.29. The van der Waals surface area contributed by atoms with Crippen molar-refractivity contribution in [2.45, 2.75) is 32.4 Å². The largest absolute Gasteiger partial charge is 0.313 e. The van der Waals surface area contributed by atoms with Crippen LogP contribution in [0.1, 0.15) is 31.9 Å². The number of benzene rings is 1. The number of nitrogens with zero attached hydrogens (tertiary/aromatic N) is 1. The lowest BCUT2D eigenvalue weighted by atomic mass is 10.1. The summed E-state index contributed by atoms with van der Waals surface area (Å²) in [5.74, 6) is -0.143. The van der Waals surface area contributed by atoms with Gasteiger partial charge in [0.25, 0.3) is 0 Å². The Labute approximate surface area is 103 Å². The van der Waals surface area contributed by atoms with Crippen LogP contribution in [0.5, 0.6) is 0 Å². The molecule has 0 radical (unpaired) electrons. The van der Waals surface area contributed by atoms with Gasteiger partial charge >= 0.3 is 0 Å². The average molecular weight is 236 g/mol. The van der Waals surface area contributed by atoms with Crippen LogP contribution in [0.2, 0.25) is 0 Å². The molecule has 2 nitrogen and oxygen atoms in total. The lowest BCUT2D eigenvalue weighted by molar-refractivity contribution is 0.210. The van der Waals surface area contributed by atoms with E-state index in [0.29, 0.717) is 6.04 Å². The van der Waals surface area contributed by atoms with Gasteiger partial charge in [-0.15, -0.1) is 0 Å². The third kappa shape index (κ3) is 3.27. The van der Waals surface area contributed by atoms with E-state index in [9.17, 15) is 4.39 Å². The highest BCUT2D eigenvalue weighted by Crippen LogP contribution is 2.22. The second-order valence-electron chi connectivity index (χ2n) is 4.93. The first kappa shape index (κ1) is 12.5. The van der Waals surface area contributed by atoms with E-state index in [1.807, 2.05) is 6.07 Å². The van der Waals surface area contributed by atoms with Gasteiger partial charge in [-0.2, -0.15) is 0 Å². The van der Waals surface area contributed by atoms with Crippen LogP contribution in [0.3, 0.4) is 0 Å². The number of nitrogens with one attached hydrogen (secondary N) is 1. The quantitative estimate of drug-likeness (QED) is 0.849. The first-order valence-corrected chi connectivity index (χ1v) is 6.39. The zero-order valence-electron chi connectivity index (χ0n) is 10.6. The van der Waals surface area contributed by atoms with Gasteiger partial charge < -0.3 is 5.32 Å². The molecule has 0 bridgehead atoms. The molecule has 0 aromatic heterocycles. The topological polar surface area (TPSA) is 15.3 Å². The van der Waals surface area contributed by atoms with E-state index in [1.54, 1.807) is 12.1 Å². The van der Waals surface area contributed by atoms with Gasteiger partial charge in [-0.3, -0.25) is 4.90 Å². The molecule has 0 amide bonds. The smallest absolute Gasteiger partial charge is 0.123 e. The Hall–Kier alpha value is -0.930. The fourth-order valence-corrected chi connectivity index (χ4v) is 2.47. The molecule has 1 aliphatic rings. The van der Waals surface area contributed by atoms with Crippen LogP contribution in [0.4, 0.5) is 4.39 Å². The molecule has 2 unspecified atom stereocenters. The Kier molecular flexibility index (Phi) is 4.13. The van der Waals surface area contributed by atoms with Gasteiger partial charge in [-0.05, 0) is 44.5 Å². The summed E-state index contributed by atoms with van der Waals surface area (Å²) >= 11 is 0. The van der Waals surface area contributed by atoms with Crippen molar-refractivity contribution in [3.63, 3.8) is 0 Å². The van der Waals surface area contributed by atoms with Crippen molar-refractivity contribution in [3.8, 4) is 0 Å². The molecular formula is C14H21FN2. The monoisotopic (exact) mass is 236 g/mol. The van der Waals surface area contributed by atoms with Gasteiger partial charge in [-0.25, -0.2) is 4.39 Å². The third-order valence-electron chi connectivity index (χ3n) is 3.50. The molecule has 1 fully saturated rings. The van der Waals surface area contributed by atoms with Gasteiger partial charge in [0.2, 0.25) is 0 Å². The molecule has 1 N–H and O–H groups in total. The van der Waals surface area contributed by atoms with E-state index in [-0.39, 0.29) is 11.9 Å². The number of hydrogen-bond acceptors (Lipinski definition) is 2. The maximum atomic E-state index is 13.2. The van der Waals surface area contributed by atoms with E-state index in [0.717, 1.165) is 31.6 Å². The lowest BCUT2D eigenvalue weighted by Crippen LogP contribution is -2.36. The van der Waals surface area contributed by atoms with Crippen LogP contribution >= 0.6 is 0 Å². The van der Waals surface area contributed by atoms with Gasteiger partial charge in [0.05, 0.1) is 0 Å². The van der Waals surface area contributed by atoms with Gasteiger partial charge in [0, 0.05) is 25.2 Å². The molecule has 3 heteroatoms. The second kappa shape index (κ2) is 5.61. The van der Waals surface area contributed by atoms with Crippen LogP contribution in [0.25, 0.3) is 0 Å². The highest BCUT2D eigenvalue weighted by Gasteiger charge is 2.20. The summed E-state index contributed by atoms with van der Waals surface area (Å²) in [6.45, 7) is 7.55. The molecule has 1 saturated heterocycles. The Balaban J connectivity index is 2.10. The molecule has 17 heavy (non-hydrogen) atoms. The van der Waals surface area contributed by atoms with Crippen molar-refractivity contribution in [3.05, 3.63) is 35.6 Å². The maximum absolute atomic E-state index is 13.2. The molecule has 2 rings (SSSR count). The average Bonchev–Trinajstić information content (AvgIpc) is 2.53. The summed E-state index contributed by atoms with van der Waals surface area (Å²) in [6, 6.07) is 7.75. The predicted molar refractivity (Wildman–Crippen MR) is 68.5 cm³/mol. The van der Waals surface area contributed by atoms with Crippen LogP contribution in [0.15, 0.2) is 24.3 Å². The number of hydrogen-bond donors (Lipinski definition) is 1. The predicted octanol–water partition coefficient (Wildman–Crippen LogP) is 2.57. The van der Waals surface area contributed by atoms with E-state index in [2.05, 4.69) is 24.1 Å². The Morgan fingerprint density at radius 3 is 3.06 bits per heavy atom. The molecule has 0 spiro atoms. The van der Waals surface area contributed by atoms with E-state index in [4.69, 9.17) is 0 Å². The first-order valence-electron chi connectivity index (χ1n) is 6.39. The van der Waals surface area contributed by atoms with Gasteiger partial charge in [0.15, 0.2) is 0 Å². The molecule has 1 aliphatic heterocycles. The van der Waals surface area contributed by atoms with Crippen LogP contribution in [-0.4, -0.2) is 30.6 Å². The molecular weight excluding hydrogens is 215 g/mol. The molecule has 1 aromatic rings. The Morgan fingerprint density at radius 1 is 1.47 bits per heavy atom. The first-order chi connectivity index (χ1) is 8.16. The zero-order valence-corrected chi connectivity index (χ0v) is 10.6. The zero-order chi connectivity index (χ0) is 12.3. The molecule has 1 heterocycles. The summed E-state index contributed by atoms with van der Waals surface area (Å²) < 4.78 is 13.2. The van der Waals surface area contributed by atoms with Crippen molar-refractivity contribution in [2.24, 2.45) is 0 Å². The van der Waals surface area contributed by atoms with Gasteiger partial charge in [0.1, 0.15) is 5.82 Å². The van der Waals surface area contributed by atoms with Crippen molar-refractivity contribution in [1.29, 1.82) is 0 Å². The van der Waals surface area contributed by atoms with Crippen molar-refractivity contribution in [1.82, 2.24) is 10.2 Å². The summed E-state index contributed by atoms with van der Waals surface area (Å²) in [5.41, 5.74) is 1.07. The van der Waals surface area contributed by atoms with E-state index in [1.165, 1.54) is 6.07 Å². The molecule has 1 aromatic carbocycles. The Morgan fingerprint density at radius 2 is 2.29 bits per heavy atom. The number of rotatable bonds is 2. The molecule has 0 saturated carbocycles. The third-order valence-corrected chi connectivity index (χ3v) is 3.50. The SMILES string of the molecule is CC1CN(C(C)c2cccc(F)c2)CCCN1. The normalized spacial score (nSPS) is 24.3. The van der Waals surface area contributed by atoms with Crippen molar-refractivity contribution in [2.75, 3.05) is 19.6 Å². The van der Waals surface area contributed by atoms with E-state index >= 15 is 0 Å². The summed E-state index contributed by atoms with van der Waals surface area (Å²) in [6.07, 6.45) is 1.16. The Bertz CT molecular complexity index is 367. The van der Waals surface area contributed by atoms with Crippen LogP contribution in [0, 0.1) is 5.82 Å². The van der Waals surface area contributed by atoms with Crippen molar-refractivity contribution < 1.29 is 4.39 Å². The molecule has 94 valence electrons. The van der Waals surface area contributed by atoms with Crippen molar-refractivity contribution >= 4 is 0 Å². The maximum Gasteiger partial charge on any atom is 0.123 e. The minimum absolute atomic E-state index is 0.143. The van der Waals surface area contributed by atoms with Crippen LogP contribution in [-0.2, 0) is 0 Å². The minimum Gasteiger partial charge on any atom is -0.313 e. The second-order valence-corrected chi connectivity index (χ2v) is 4.93. The summed E-state index contributed by atoms with van der Waals surface area (Å²) in [7, 11) is 0. The fraction of sp³-hybridized carbons (Fsp3) is 0.571. The van der Waals surface area contributed by atoms with E-state index < -0.39 is 0 Å². The minimum atomic E-state index is -0.143. The highest BCUT2D eigenvalue weighted by molar-refractivity contribution is 5.19. The number of halogens is 1. The standard InChI is InChI=1S/C14H21FN2/c1-11-10-17(8-4-7-16-11)12(2)13-5-3-6-14(15)9-13/h3,5-6,9,11-12,16H,4,7-8,10H2,1-2H3. The highest BCUT2D eigenvalue weighted by atomic mass is 19.1. The summed E-state index contributed by atoms with van der Waals surface area (Å²) in [4.78, 5) is 2.43. The fourth-order valence-electron chi connectivity index (χ4n) is 2.47. The van der Waals surface area contributed by atoms with Crippen LogP contribution < -0.4 is 5.32 Å².